The largest absolute Gasteiger partial charge is 0.394 e. The topological polar surface area (TPSA) is 40.5 Å². The Labute approximate surface area is 69.9 Å². The molecule has 2 N–H and O–H groups in total. The molecule has 2 heteroatoms. The van der Waals surface area contributed by atoms with E-state index in [0.29, 0.717) is 0 Å². The number of aliphatic hydroxyl groups is 2. The molecule has 0 heterocycles. The quantitative estimate of drug-likeness (QED) is 0.574. The predicted octanol–water partition coefficient (Wildman–Crippen LogP) is 1.74. The fourth-order valence-electron chi connectivity index (χ4n) is 0. The van der Waals surface area contributed by atoms with Gasteiger partial charge in [0.1, 0.15) is 0 Å². The number of hydrogen-bond acceptors (Lipinski definition) is 2. The Balaban J connectivity index is -0.0000000933. The number of allylic oxidation sites excluding steroid dienone is 2. The van der Waals surface area contributed by atoms with Gasteiger partial charge in [-0.2, -0.15) is 0 Å². The van der Waals surface area contributed by atoms with Gasteiger partial charge in [0.25, 0.3) is 0 Å². The lowest BCUT2D eigenvalue weighted by Crippen LogP contribution is -2.03. The molecule has 0 spiro atoms. The molecule has 0 bridgehead atoms. The Morgan fingerprint density at radius 1 is 1.27 bits per heavy atom. The Morgan fingerprint density at radius 2 is 1.36 bits per heavy atom. The lowest BCUT2D eigenvalue weighted by molar-refractivity contribution is 0.110. The van der Waals surface area contributed by atoms with Crippen LogP contribution >= 0.6 is 0 Å². The molecule has 0 rings (SSSR count). The van der Waals surface area contributed by atoms with Gasteiger partial charge in [-0.25, -0.2) is 0 Å². The smallest absolute Gasteiger partial charge is 0.0742 e. The highest BCUT2D eigenvalue weighted by atomic mass is 16.3. The van der Waals surface area contributed by atoms with Gasteiger partial charge in [-0.3, -0.25) is 0 Å². The Kier molecular flexibility index (Phi) is 34.7. The van der Waals surface area contributed by atoms with E-state index in [0.717, 1.165) is 0 Å². The third kappa shape index (κ3) is 263. The molecule has 2 nitrogen and oxygen atoms in total. The average Bonchev–Trinajstić information content (AvgIpc) is 1.91. The molecular formula is C9H20O2. The maximum atomic E-state index is 8.11. The number of aliphatic hydroxyl groups excluding tert-OH is 2. The van der Waals surface area contributed by atoms with Gasteiger partial charge in [-0.05, 0) is 20.8 Å². The van der Waals surface area contributed by atoms with Crippen molar-refractivity contribution in [2.45, 2.75) is 26.9 Å². The summed E-state index contributed by atoms with van der Waals surface area (Å²) < 4.78 is 0. The van der Waals surface area contributed by atoms with Crippen LogP contribution in [0.25, 0.3) is 0 Å². The highest BCUT2D eigenvalue weighted by Gasteiger charge is 1.83. The van der Waals surface area contributed by atoms with Crippen molar-refractivity contribution < 1.29 is 10.2 Å². The lowest BCUT2D eigenvalue weighted by atomic mass is 10.5. The molecular weight excluding hydrogens is 140 g/mol. The molecule has 68 valence electrons. The fraction of sp³-hybridized carbons (Fsp3) is 0.556. The molecule has 0 amide bonds. The van der Waals surface area contributed by atoms with Crippen LogP contribution in [0.1, 0.15) is 20.8 Å². The summed E-state index contributed by atoms with van der Waals surface area (Å²) in [5.74, 6) is 0. The zero-order valence-electron chi connectivity index (χ0n) is 7.75. The van der Waals surface area contributed by atoms with Crippen molar-refractivity contribution in [3.63, 3.8) is 0 Å². The molecule has 1 unspecified atom stereocenters. The molecule has 1 atom stereocenters. The van der Waals surface area contributed by atoms with Crippen molar-refractivity contribution in [1.82, 2.24) is 0 Å². The van der Waals surface area contributed by atoms with Crippen LogP contribution in [0.5, 0.6) is 0 Å². The summed E-state index contributed by atoms with van der Waals surface area (Å²) in [4.78, 5) is 0. The van der Waals surface area contributed by atoms with Crippen LogP contribution in [-0.4, -0.2) is 22.9 Å². The van der Waals surface area contributed by atoms with E-state index in [-0.39, 0.29) is 6.61 Å². The van der Waals surface area contributed by atoms with E-state index in [9.17, 15) is 0 Å². The average molecular weight is 160 g/mol. The van der Waals surface area contributed by atoms with Gasteiger partial charge in [-0.15, -0.1) is 13.2 Å². The van der Waals surface area contributed by atoms with Crippen molar-refractivity contribution in [2.75, 3.05) is 6.61 Å². The minimum atomic E-state index is -0.560. The summed E-state index contributed by atoms with van der Waals surface area (Å²) in [6, 6.07) is 0. The zero-order chi connectivity index (χ0) is 9.70. The summed E-state index contributed by atoms with van der Waals surface area (Å²) in [5.41, 5.74) is 0. The Hall–Kier alpha value is -0.600. The number of hydrogen-bond donors (Lipinski definition) is 2. The highest BCUT2D eigenvalue weighted by Crippen LogP contribution is 1.68. The summed E-state index contributed by atoms with van der Waals surface area (Å²) in [5, 5.41) is 16.0. The second kappa shape index (κ2) is 22.7. The summed E-state index contributed by atoms with van der Waals surface area (Å²) in [6.07, 6.45) is 2.94. The van der Waals surface area contributed by atoms with Crippen LogP contribution in [0.3, 0.4) is 0 Å². The van der Waals surface area contributed by atoms with Crippen molar-refractivity contribution in [3.8, 4) is 0 Å². The molecule has 0 aromatic rings. The number of rotatable bonds is 1. The fourth-order valence-corrected chi connectivity index (χ4v) is 0. The van der Waals surface area contributed by atoms with Crippen LogP contribution < -0.4 is 0 Å². The van der Waals surface area contributed by atoms with E-state index >= 15 is 0 Å². The minimum Gasteiger partial charge on any atom is -0.394 e. The van der Waals surface area contributed by atoms with Gasteiger partial charge in [0.15, 0.2) is 0 Å². The van der Waals surface area contributed by atoms with Crippen molar-refractivity contribution in [3.05, 3.63) is 25.3 Å². The van der Waals surface area contributed by atoms with Crippen LogP contribution in [0.2, 0.25) is 0 Å². The van der Waals surface area contributed by atoms with E-state index in [1.807, 2.05) is 13.8 Å². The molecule has 0 aliphatic rings. The van der Waals surface area contributed by atoms with Crippen LogP contribution in [-0.2, 0) is 0 Å². The maximum Gasteiger partial charge on any atom is 0.0742 e. The van der Waals surface area contributed by atoms with Gasteiger partial charge in [0.05, 0.1) is 12.7 Å². The zero-order valence-corrected chi connectivity index (χ0v) is 7.75. The van der Waals surface area contributed by atoms with Gasteiger partial charge in [-0.1, -0.05) is 12.2 Å². The van der Waals surface area contributed by atoms with E-state index in [1.54, 1.807) is 12.2 Å². The molecule has 0 aliphatic carbocycles. The first-order valence-electron chi connectivity index (χ1n) is 3.53. The van der Waals surface area contributed by atoms with E-state index in [1.165, 1.54) is 6.92 Å². The third-order valence-corrected chi connectivity index (χ3v) is 0.264. The standard InChI is InChI=1S/C3H8O2.2C3H6/c1-3(5)2-4;2*1-3-2/h3-5H,2H2,1H3;2*3H,1H2,2H3. The molecule has 0 aromatic heterocycles. The summed E-state index contributed by atoms with van der Waals surface area (Å²) >= 11 is 0. The van der Waals surface area contributed by atoms with Crippen molar-refractivity contribution in [1.29, 1.82) is 0 Å². The molecule has 0 saturated heterocycles. The van der Waals surface area contributed by atoms with Gasteiger partial charge < -0.3 is 10.2 Å². The Morgan fingerprint density at radius 3 is 1.36 bits per heavy atom. The van der Waals surface area contributed by atoms with Crippen molar-refractivity contribution in [2.24, 2.45) is 0 Å². The van der Waals surface area contributed by atoms with E-state index in [2.05, 4.69) is 13.2 Å². The SMILES string of the molecule is C=CC.C=CC.CC(O)CO. The van der Waals surface area contributed by atoms with E-state index in [4.69, 9.17) is 10.2 Å². The maximum absolute atomic E-state index is 8.11. The summed E-state index contributed by atoms with van der Waals surface area (Å²) in [6.45, 7) is 11.9. The van der Waals surface area contributed by atoms with Gasteiger partial charge in [0, 0.05) is 0 Å². The third-order valence-electron chi connectivity index (χ3n) is 0.264. The molecule has 11 heavy (non-hydrogen) atoms. The molecule has 0 aromatic carbocycles. The van der Waals surface area contributed by atoms with Gasteiger partial charge in [0.2, 0.25) is 0 Å². The summed E-state index contributed by atoms with van der Waals surface area (Å²) in [7, 11) is 0. The van der Waals surface area contributed by atoms with E-state index < -0.39 is 6.10 Å². The van der Waals surface area contributed by atoms with Crippen LogP contribution in [0.4, 0.5) is 0 Å². The molecule has 0 radical (unpaired) electrons. The highest BCUT2D eigenvalue weighted by molar-refractivity contribution is 4.51. The first-order chi connectivity index (χ1) is 5.10. The van der Waals surface area contributed by atoms with Crippen LogP contribution in [0, 0.1) is 0 Å². The van der Waals surface area contributed by atoms with Gasteiger partial charge >= 0.3 is 0 Å². The lowest BCUT2D eigenvalue weighted by Gasteiger charge is -1.90. The second-order valence-corrected chi connectivity index (χ2v) is 1.85. The molecule has 0 aliphatic heterocycles. The Bertz CT molecular complexity index is 62.0. The first-order valence-corrected chi connectivity index (χ1v) is 3.53. The molecule has 0 saturated carbocycles. The normalized spacial score (nSPS) is 9.18. The second-order valence-electron chi connectivity index (χ2n) is 1.85. The predicted molar refractivity (Wildman–Crippen MR) is 50.5 cm³/mol. The monoisotopic (exact) mass is 160 g/mol. The molecule has 0 fully saturated rings. The minimum absolute atomic E-state index is 0.139. The first kappa shape index (κ1) is 16.8. The van der Waals surface area contributed by atoms with Crippen molar-refractivity contribution >= 4 is 0 Å². The van der Waals surface area contributed by atoms with Crippen LogP contribution in [0.15, 0.2) is 25.3 Å².